The SMILES string of the molecule is Cc1ccc(C(=O)NCC(O)c2ccc3c(ccn3C)c2)cc1. The fourth-order valence-electron chi connectivity index (χ4n) is 2.62. The molecule has 0 fully saturated rings. The van der Waals surface area contributed by atoms with E-state index in [1.807, 2.05) is 61.1 Å². The van der Waals surface area contributed by atoms with E-state index in [0.717, 1.165) is 22.0 Å². The van der Waals surface area contributed by atoms with E-state index in [9.17, 15) is 9.90 Å². The van der Waals surface area contributed by atoms with Gasteiger partial charge in [-0.2, -0.15) is 0 Å². The Morgan fingerprint density at radius 3 is 2.65 bits per heavy atom. The van der Waals surface area contributed by atoms with Crippen molar-refractivity contribution in [2.75, 3.05) is 6.54 Å². The van der Waals surface area contributed by atoms with Gasteiger partial charge in [0.05, 0.1) is 6.10 Å². The maximum absolute atomic E-state index is 12.1. The van der Waals surface area contributed by atoms with Crippen LogP contribution in [0.4, 0.5) is 0 Å². The van der Waals surface area contributed by atoms with E-state index in [2.05, 4.69) is 5.32 Å². The number of aliphatic hydroxyl groups is 1. The number of nitrogens with zero attached hydrogens (tertiary/aromatic N) is 1. The predicted molar refractivity (Wildman–Crippen MR) is 91.4 cm³/mol. The second-order valence-electron chi connectivity index (χ2n) is 5.84. The molecule has 0 bridgehead atoms. The van der Waals surface area contributed by atoms with Gasteiger partial charge in [0.25, 0.3) is 5.91 Å². The average molecular weight is 308 g/mol. The van der Waals surface area contributed by atoms with E-state index in [4.69, 9.17) is 0 Å². The standard InChI is InChI=1S/C19H20N2O2/c1-13-3-5-14(6-4-13)19(23)20-12-18(22)16-7-8-17-15(11-16)9-10-21(17)2/h3-11,18,22H,12H2,1-2H3,(H,20,23). The highest BCUT2D eigenvalue weighted by Crippen LogP contribution is 2.20. The van der Waals surface area contributed by atoms with Crippen molar-refractivity contribution >= 4 is 16.8 Å². The molecule has 1 atom stereocenters. The van der Waals surface area contributed by atoms with Crippen molar-refractivity contribution in [3.8, 4) is 0 Å². The zero-order valence-corrected chi connectivity index (χ0v) is 13.3. The molecule has 23 heavy (non-hydrogen) atoms. The van der Waals surface area contributed by atoms with Crippen molar-refractivity contribution < 1.29 is 9.90 Å². The van der Waals surface area contributed by atoms with Crippen LogP contribution in [0.15, 0.2) is 54.7 Å². The first-order valence-electron chi connectivity index (χ1n) is 7.62. The molecule has 0 spiro atoms. The third-order valence-corrected chi connectivity index (χ3v) is 4.06. The molecule has 2 N–H and O–H groups in total. The molecule has 0 saturated carbocycles. The van der Waals surface area contributed by atoms with Crippen molar-refractivity contribution in [2.45, 2.75) is 13.0 Å². The number of hydrogen-bond acceptors (Lipinski definition) is 2. The lowest BCUT2D eigenvalue weighted by Crippen LogP contribution is -2.28. The highest BCUT2D eigenvalue weighted by molar-refractivity contribution is 5.94. The lowest BCUT2D eigenvalue weighted by atomic mass is 10.1. The first-order chi connectivity index (χ1) is 11.0. The Kier molecular flexibility index (Phi) is 4.17. The number of benzene rings is 2. The first kappa shape index (κ1) is 15.3. The van der Waals surface area contributed by atoms with Crippen LogP contribution in [-0.2, 0) is 7.05 Å². The minimum Gasteiger partial charge on any atom is -0.387 e. The number of rotatable bonds is 4. The Labute approximate surface area is 135 Å². The number of fused-ring (bicyclic) bond motifs is 1. The van der Waals surface area contributed by atoms with Crippen molar-refractivity contribution in [1.82, 2.24) is 9.88 Å². The second kappa shape index (κ2) is 6.26. The van der Waals surface area contributed by atoms with Gasteiger partial charge >= 0.3 is 0 Å². The smallest absolute Gasteiger partial charge is 0.251 e. The number of aromatic nitrogens is 1. The summed E-state index contributed by atoms with van der Waals surface area (Å²) < 4.78 is 2.03. The van der Waals surface area contributed by atoms with E-state index in [1.54, 1.807) is 12.1 Å². The maximum atomic E-state index is 12.1. The number of amides is 1. The molecule has 1 amide bonds. The number of nitrogens with one attached hydrogen (secondary N) is 1. The summed E-state index contributed by atoms with van der Waals surface area (Å²) in [7, 11) is 1.99. The zero-order valence-electron chi connectivity index (χ0n) is 13.3. The molecule has 0 aliphatic heterocycles. The van der Waals surface area contributed by atoms with Crippen molar-refractivity contribution in [2.24, 2.45) is 7.05 Å². The molecule has 0 radical (unpaired) electrons. The molecule has 118 valence electrons. The van der Waals surface area contributed by atoms with Crippen LogP contribution < -0.4 is 5.32 Å². The molecule has 4 nitrogen and oxygen atoms in total. The van der Waals surface area contributed by atoms with Crippen LogP contribution in [-0.4, -0.2) is 22.1 Å². The van der Waals surface area contributed by atoms with E-state index in [-0.39, 0.29) is 12.5 Å². The first-order valence-corrected chi connectivity index (χ1v) is 7.62. The maximum Gasteiger partial charge on any atom is 0.251 e. The second-order valence-corrected chi connectivity index (χ2v) is 5.84. The van der Waals surface area contributed by atoms with Crippen molar-refractivity contribution in [3.05, 3.63) is 71.4 Å². The minimum absolute atomic E-state index is 0.176. The molecule has 4 heteroatoms. The van der Waals surface area contributed by atoms with Gasteiger partial charge in [-0.15, -0.1) is 0 Å². The summed E-state index contributed by atoms with van der Waals surface area (Å²) in [5, 5.41) is 14.2. The lowest BCUT2D eigenvalue weighted by molar-refractivity contribution is 0.0916. The van der Waals surface area contributed by atoms with Gasteiger partial charge in [0.2, 0.25) is 0 Å². The number of aliphatic hydroxyl groups excluding tert-OH is 1. The quantitative estimate of drug-likeness (QED) is 0.778. The molecular formula is C19H20N2O2. The fraction of sp³-hybridized carbons (Fsp3) is 0.211. The molecule has 3 aromatic rings. The number of hydrogen-bond donors (Lipinski definition) is 2. The summed E-state index contributed by atoms with van der Waals surface area (Å²) in [5.74, 6) is -0.176. The third kappa shape index (κ3) is 3.27. The summed E-state index contributed by atoms with van der Waals surface area (Å²) >= 11 is 0. The van der Waals surface area contributed by atoms with E-state index < -0.39 is 6.10 Å². The highest BCUT2D eigenvalue weighted by Gasteiger charge is 2.12. The summed E-state index contributed by atoms with van der Waals surface area (Å²) in [6.07, 6.45) is 1.26. The molecule has 0 aliphatic carbocycles. The highest BCUT2D eigenvalue weighted by atomic mass is 16.3. The topological polar surface area (TPSA) is 54.3 Å². The third-order valence-electron chi connectivity index (χ3n) is 4.06. The molecular weight excluding hydrogens is 288 g/mol. The van der Waals surface area contributed by atoms with E-state index >= 15 is 0 Å². The predicted octanol–water partition coefficient (Wildman–Crippen LogP) is 2.95. The van der Waals surface area contributed by atoms with Crippen molar-refractivity contribution in [1.29, 1.82) is 0 Å². The van der Waals surface area contributed by atoms with Crippen LogP contribution in [0.1, 0.15) is 27.6 Å². The Hall–Kier alpha value is -2.59. The van der Waals surface area contributed by atoms with E-state index in [0.29, 0.717) is 5.56 Å². The van der Waals surface area contributed by atoms with E-state index in [1.165, 1.54) is 0 Å². The Morgan fingerprint density at radius 2 is 1.91 bits per heavy atom. The van der Waals surface area contributed by atoms with Gasteiger partial charge in [-0.25, -0.2) is 0 Å². The number of carbonyl (C=O) groups is 1. The summed E-state index contributed by atoms with van der Waals surface area (Å²) in [5.41, 5.74) is 3.62. The molecule has 1 unspecified atom stereocenters. The molecule has 0 aliphatic rings. The van der Waals surface area contributed by atoms with Gasteiger partial charge < -0.3 is 15.0 Å². The van der Waals surface area contributed by atoms with Gasteiger partial charge in [-0.05, 0) is 48.2 Å². The van der Waals surface area contributed by atoms with Gasteiger partial charge in [0, 0.05) is 30.9 Å². The van der Waals surface area contributed by atoms with Crippen LogP contribution in [0.25, 0.3) is 10.9 Å². The zero-order chi connectivity index (χ0) is 16.4. The van der Waals surface area contributed by atoms with Gasteiger partial charge in [0.15, 0.2) is 0 Å². The molecule has 3 rings (SSSR count). The van der Waals surface area contributed by atoms with Crippen LogP contribution in [0.3, 0.4) is 0 Å². The average Bonchev–Trinajstić information content (AvgIpc) is 2.93. The molecule has 1 heterocycles. The van der Waals surface area contributed by atoms with Crippen LogP contribution in [0.2, 0.25) is 0 Å². The molecule has 2 aromatic carbocycles. The van der Waals surface area contributed by atoms with Gasteiger partial charge in [-0.1, -0.05) is 23.8 Å². The van der Waals surface area contributed by atoms with Crippen LogP contribution in [0, 0.1) is 6.92 Å². The monoisotopic (exact) mass is 308 g/mol. The Morgan fingerprint density at radius 1 is 1.17 bits per heavy atom. The normalized spacial score (nSPS) is 12.3. The minimum atomic E-state index is -0.728. The Balaban J connectivity index is 1.66. The molecule has 0 saturated heterocycles. The number of carbonyl (C=O) groups excluding carboxylic acids is 1. The van der Waals surface area contributed by atoms with Crippen molar-refractivity contribution in [3.63, 3.8) is 0 Å². The lowest BCUT2D eigenvalue weighted by Gasteiger charge is -2.13. The Bertz CT molecular complexity index is 834. The van der Waals surface area contributed by atoms with Gasteiger partial charge in [-0.3, -0.25) is 4.79 Å². The fourth-order valence-corrected chi connectivity index (χ4v) is 2.62. The number of aryl methyl sites for hydroxylation is 2. The summed E-state index contributed by atoms with van der Waals surface area (Å²) in [4.78, 5) is 12.1. The van der Waals surface area contributed by atoms with Gasteiger partial charge in [0.1, 0.15) is 0 Å². The molecule has 1 aromatic heterocycles. The largest absolute Gasteiger partial charge is 0.387 e. The van der Waals surface area contributed by atoms with Crippen LogP contribution >= 0.6 is 0 Å². The summed E-state index contributed by atoms with van der Waals surface area (Å²) in [6.45, 7) is 2.16. The summed E-state index contributed by atoms with van der Waals surface area (Å²) in [6, 6.07) is 15.2. The van der Waals surface area contributed by atoms with Crippen LogP contribution in [0.5, 0.6) is 0 Å².